The van der Waals surface area contributed by atoms with Crippen molar-refractivity contribution in [3.8, 4) is 5.69 Å². The van der Waals surface area contributed by atoms with Crippen molar-refractivity contribution >= 4 is 11.9 Å². The summed E-state index contributed by atoms with van der Waals surface area (Å²) in [5.74, 6) is 0.446. The standard InChI is InChI=1S/C23H29N3O3/c1-3-29-23(28)20-15-24-26(16(20)2)19-12-10-18(11-13-19)22(27)25-14-6-8-17-7-4-5-9-21(17)25/h10-13,15,17,21H,3-9,14H2,1-2H3. The Morgan fingerprint density at radius 3 is 2.59 bits per heavy atom. The minimum absolute atomic E-state index is 0.137. The highest BCUT2D eigenvalue weighted by Crippen LogP contribution is 2.36. The summed E-state index contributed by atoms with van der Waals surface area (Å²) in [6.07, 6.45) is 8.82. The molecule has 0 spiro atoms. The van der Waals surface area contributed by atoms with Crippen LogP contribution in [0.25, 0.3) is 5.69 Å². The molecule has 2 fully saturated rings. The van der Waals surface area contributed by atoms with Crippen LogP contribution in [0.4, 0.5) is 0 Å². The van der Waals surface area contributed by atoms with Gasteiger partial charge in [-0.05, 0) is 69.7 Å². The smallest absolute Gasteiger partial charge is 0.341 e. The van der Waals surface area contributed by atoms with Gasteiger partial charge in [-0.15, -0.1) is 0 Å². The summed E-state index contributed by atoms with van der Waals surface area (Å²) in [7, 11) is 0. The highest BCUT2D eigenvalue weighted by Gasteiger charge is 2.35. The predicted molar refractivity (Wildman–Crippen MR) is 110 cm³/mol. The molecule has 0 radical (unpaired) electrons. The summed E-state index contributed by atoms with van der Waals surface area (Å²) in [6.45, 7) is 4.82. The monoisotopic (exact) mass is 395 g/mol. The van der Waals surface area contributed by atoms with Crippen LogP contribution in [0.5, 0.6) is 0 Å². The molecule has 1 aliphatic carbocycles. The van der Waals surface area contributed by atoms with E-state index in [2.05, 4.69) is 10.00 Å². The van der Waals surface area contributed by atoms with Crippen LogP contribution in [0.3, 0.4) is 0 Å². The first-order chi connectivity index (χ1) is 14.1. The third-order valence-corrected chi connectivity index (χ3v) is 6.37. The molecule has 1 amide bonds. The first-order valence-corrected chi connectivity index (χ1v) is 10.7. The second-order valence-electron chi connectivity index (χ2n) is 8.08. The van der Waals surface area contributed by atoms with Crippen LogP contribution in [0, 0.1) is 12.8 Å². The molecule has 29 heavy (non-hydrogen) atoms. The first kappa shape index (κ1) is 19.7. The number of nitrogens with zero attached hydrogens (tertiary/aromatic N) is 3. The van der Waals surface area contributed by atoms with Gasteiger partial charge >= 0.3 is 5.97 Å². The van der Waals surface area contributed by atoms with Gasteiger partial charge in [-0.3, -0.25) is 4.79 Å². The predicted octanol–water partition coefficient (Wildman–Crippen LogP) is 4.15. The number of hydrogen-bond acceptors (Lipinski definition) is 4. The molecule has 1 saturated carbocycles. The van der Waals surface area contributed by atoms with Gasteiger partial charge in [0.25, 0.3) is 5.91 Å². The molecule has 154 valence electrons. The molecule has 0 N–H and O–H groups in total. The molecule has 0 bridgehead atoms. The number of carbonyl (C=O) groups is 2. The lowest BCUT2D eigenvalue weighted by Crippen LogP contribution is -2.49. The summed E-state index contributed by atoms with van der Waals surface area (Å²) >= 11 is 0. The normalized spacial score (nSPS) is 21.5. The lowest BCUT2D eigenvalue weighted by atomic mass is 9.78. The summed E-state index contributed by atoms with van der Waals surface area (Å²) in [4.78, 5) is 27.3. The zero-order valence-corrected chi connectivity index (χ0v) is 17.3. The number of ether oxygens (including phenoxy) is 1. The third kappa shape index (κ3) is 3.80. The van der Waals surface area contributed by atoms with Crippen molar-refractivity contribution in [3.63, 3.8) is 0 Å². The van der Waals surface area contributed by atoms with Crippen LogP contribution in [0.2, 0.25) is 0 Å². The van der Waals surface area contributed by atoms with Crippen molar-refractivity contribution in [2.24, 2.45) is 5.92 Å². The van der Waals surface area contributed by atoms with E-state index in [0.29, 0.717) is 24.1 Å². The maximum atomic E-state index is 13.2. The number of aromatic nitrogens is 2. The van der Waals surface area contributed by atoms with Crippen LogP contribution < -0.4 is 0 Å². The Hall–Kier alpha value is -2.63. The molecule has 1 aliphatic heterocycles. The molecule has 4 rings (SSSR count). The van der Waals surface area contributed by atoms with E-state index >= 15 is 0 Å². The van der Waals surface area contributed by atoms with E-state index < -0.39 is 0 Å². The fraction of sp³-hybridized carbons (Fsp3) is 0.522. The highest BCUT2D eigenvalue weighted by atomic mass is 16.5. The van der Waals surface area contributed by atoms with Crippen LogP contribution in [-0.4, -0.2) is 45.8 Å². The SMILES string of the molecule is CCOC(=O)c1cnn(-c2ccc(C(=O)N3CCCC4CCCCC43)cc2)c1C. The van der Waals surface area contributed by atoms with Crippen molar-refractivity contribution in [1.29, 1.82) is 0 Å². The zero-order chi connectivity index (χ0) is 20.4. The van der Waals surface area contributed by atoms with Gasteiger partial charge in [0.1, 0.15) is 5.56 Å². The molecular weight excluding hydrogens is 366 g/mol. The highest BCUT2D eigenvalue weighted by molar-refractivity contribution is 5.94. The van der Waals surface area contributed by atoms with E-state index in [9.17, 15) is 9.59 Å². The number of hydrogen-bond donors (Lipinski definition) is 0. The number of piperidine rings is 1. The van der Waals surface area contributed by atoms with Crippen LogP contribution >= 0.6 is 0 Å². The maximum Gasteiger partial charge on any atom is 0.341 e. The van der Waals surface area contributed by atoms with Gasteiger partial charge < -0.3 is 9.64 Å². The van der Waals surface area contributed by atoms with Crippen LogP contribution in [0.1, 0.15) is 71.9 Å². The van der Waals surface area contributed by atoms with Crippen molar-refractivity contribution in [3.05, 3.63) is 47.3 Å². The fourth-order valence-corrected chi connectivity index (χ4v) is 4.87. The second-order valence-corrected chi connectivity index (χ2v) is 8.08. The minimum Gasteiger partial charge on any atom is -0.462 e. The van der Waals surface area contributed by atoms with Crippen LogP contribution in [0.15, 0.2) is 30.5 Å². The van der Waals surface area contributed by atoms with E-state index in [1.54, 1.807) is 11.6 Å². The Balaban J connectivity index is 1.52. The minimum atomic E-state index is -0.366. The molecule has 2 aromatic rings. The van der Waals surface area contributed by atoms with Crippen molar-refractivity contribution in [2.75, 3.05) is 13.2 Å². The van der Waals surface area contributed by atoms with Crippen molar-refractivity contribution in [2.45, 2.75) is 58.4 Å². The number of amides is 1. The van der Waals surface area contributed by atoms with Gasteiger partial charge in [-0.1, -0.05) is 12.8 Å². The largest absolute Gasteiger partial charge is 0.462 e. The zero-order valence-electron chi connectivity index (χ0n) is 17.3. The summed E-state index contributed by atoms with van der Waals surface area (Å²) in [6, 6.07) is 7.93. The van der Waals surface area contributed by atoms with Gasteiger partial charge in [0.15, 0.2) is 0 Å². The molecule has 2 unspecified atom stereocenters. The van der Waals surface area contributed by atoms with Gasteiger partial charge in [0.2, 0.25) is 0 Å². The Bertz CT molecular complexity index is 885. The summed E-state index contributed by atoms with van der Waals surface area (Å²) in [5, 5.41) is 4.33. The number of carbonyl (C=O) groups excluding carboxylic acids is 2. The number of benzene rings is 1. The van der Waals surface area contributed by atoms with Crippen molar-refractivity contribution in [1.82, 2.24) is 14.7 Å². The lowest BCUT2D eigenvalue weighted by molar-refractivity contribution is 0.0390. The number of rotatable bonds is 4. The van der Waals surface area contributed by atoms with E-state index in [4.69, 9.17) is 4.74 Å². The second kappa shape index (κ2) is 8.39. The molecule has 2 aliphatic rings. The molecule has 6 nitrogen and oxygen atoms in total. The Morgan fingerprint density at radius 1 is 1.10 bits per heavy atom. The molecule has 1 aromatic heterocycles. The number of likely N-dealkylation sites (tertiary alicyclic amines) is 1. The number of fused-ring (bicyclic) bond motifs is 1. The average molecular weight is 396 g/mol. The summed E-state index contributed by atoms with van der Waals surface area (Å²) in [5.41, 5.74) is 2.73. The number of esters is 1. The van der Waals surface area contributed by atoms with Gasteiger partial charge in [0, 0.05) is 18.2 Å². The average Bonchev–Trinajstić information content (AvgIpc) is 3.14. The van der Waals surface area contributed by atoms with Gasteiger partial charge in [-0.2, -0.15) is 5.10 Å². The Kier molecular flexibility index (Phi) is 5.69. The van der Waals surface area contributed by atoms with E-state index in [-0.39, 0.29) is 11.9 Å². The lowest BCUT2D eigenvalue weighted by Gasteiger charge is -2.44. The van der Waals surface area contributed by atoms with Gasteiger partial charge in [-0.25, -0.2) is 9.48 Å². The van der Waals surface area contributed by atoms with E-state index in [1.807, 2.05) is 31.2 Å². The summed E-state index contributed by atoms with van der Waals surface area (Å²) < 4.78 is 6.78. The van der Waals surface area contributed by atoms with E-state index in [0.717, 1.165) is 36.3 Å². The molecular formula is C23H29N3O3. The topological polar surface area (TPSA) is 64.4 Å². The molecule has 6 heteroatoms. The quantitative estimate of drug-likeness (QED) is 0.730. The molecule has 1 saturated heterocycles. The first-order valence-electron chi connectivity index (χ1n) is 10.7. The van der Waals surface area contributed by atoms with Crippen molar-refractivity contribution < 1.29 is 14.3 Å². The third-order valence-electron chi connectivity index (χ3n) is 6.37. The molecule has 2 heterocycles. The Morgan fingerprint density at radius 2 is 1.83 bits per heavy atom. The van der Waals surface area contributed by atoms with E-state index in [1.165, 1.54) is 31.9 Å². The molecule has 1 aromatic carbocycles. The van der Waals surface area contributed by atoms with Gasteiger partial charge in [0.05, 0.1) is 24.2 Å². The molecule has 2 atom stereocenters. The fourth-order valence-electron chi connectivity index (χ4n) is 4.87. The maximum absolute atomic E-state index is 13.2. The van der Waals surface area contributed by atoms with Crippen LogP contribution in [-0.2, 0) is 4.74 Å². The Labute approximate surface area is 171 Å².